The molecule has 4 aromatic rings. The van der Waals surface area contributed by atoms with Gasteiger partial charge in [-0.25, -0.2) is 9.97 Å². The maximum absolute atomic E-state index is 11.2. The van der Waals surface area contributed by atoms with Crippen LogP contribution in [-0.4, -0.2) is 24.4 Å². The normalized spacial score (nSPS) is 11.0. The van der Waals surface area contributed by atoms with Crippen LogP contribution in [0.1, 0.15) is 5.56 Å². The number of para-hydroxylation sites is 1. The fourth-order valence-electron chi connectivity index (χ4n) is 2.67. The highest BCUT2D eigenvalue weighted by Crippen LogP contribution is 2.27. The quantitative estimate of drug-likeness (QED) is 0.448. The molecule has 9 nitrogen and oxygen atoms in total. The summed E-state index contributed by atoms with van der Waals surface area (Å²) < 4.78 is 7.07. The Morgan fingerprint density at radius 1 is 1.20 bits per heavy atom. The maximum atomic E-state index is 11.2. The van der Waals surface area contributed by atoms with E-state index in [1.165, 1.54) is 12.3 Å². The lowest BCUT2D eigenvalue weighted by Crippen LogP contribution is -2.05. The predicted molar refractivity (Wildman–Crippen MR) is 89.6 cm³/mol. The highest BCUT2D eigenvalue weighted by molar-refractivity contribution is 5.86. The van der Waals surface area contributed by atoms with Gasteiger partial charge in [-0.15, -0.1) is 0 Å². The van der Waals surface area contributed by atoms with Gasteiger partial charge >= 0.3 is 0 Å². The van der Waals surface area contributed by atoms with Gasteiger partial charge in [-0.3, -0.25) is 10.1 Å². The van der Waals surface area contributed by atoms with Crippen LogP contribution in [0.2, 0.25) is 0 Å². The topological polar surface area (TPSA) is 126 Å². The summed E-state index contributed by atoms with van der Waals surface area (Å²) in [5.41, 5.74) is 7.88. The number of imidazole rings is 1. The van der Waals surface area contributed by atoms with Gasteiger partial charge in [0.15, 0.2) is 11.4 Å². The lowest BCUT2D eigenvalue weighted by Gasteiger charge is -2.06. The summed E-state index contributed by atoms with van der Waals surface area (Å²) in [6.07, 6.45) is 3.09. The van der Waals surface area contributed by atoms with Crippen LogP contribution in [0.4, 0.5) is 11.6 Å². The number of nitro groups is 1. The van der Waals surface area contributed by atoms with Crippen molar-refractivity contribution >= 4 is 22.8 Å². The average Bonchev–Trinajstić information content (AvgIpc) is 3.25. The van der Waals surface area contributed by atoms with E-state index < -0.39 is 4.92 Å². The zero-order valence-corrected chi connectivity index (χ0v) is 12.9. The fourth-order valence-corrected chi connectivity index (χ4v) is 2.67. The Labute approximate surface area is 140 Å². The number of rotatable bonds is 4. The van der Waals surface area contributed by atoms with Gasteiger partial charge in [0.2, 0.25) is 5.95 Å². The number of nitro benzene ring substituents is 1. The summed E-state index contributed by atoms with van der Waals surface area (Å²) in [5, 5.41) is 11.2. The van der Waals surface area contributed by atoms with Gasteiger partial charge in [0.1, 0.15) is 11.2 Å². The number of benzene rings is 1. The largest absolute Gasteiger partial charge is 0.463 e. The molecule has 1 aromatic carbocycles. The molecule has 25 heavy (non-hydrogen) atoms. The van der Waals surface area contributed by atoms with Gasteiger partial charge < -0.3 is 14.7 Å². The first kappa shape index (κ1) is 14.8. The number of hydrogen-bond donors (Lipinski definition) is 1. The van der Waals surface area contributed by atoms with Crippen LogP contribution in [-0.2, 0) is 6.54 Å². The highest BCUT2D eigenvalue weighted by Gasteiger charge is 2.18. The number of furan rings is 1. The first-order valence-corrected chi connectivity index (χ1v) is 7.38. The first-order valence-electron chi connectivity index (χ1n) is 7.38. The monoisotopic (exact) mass is 336 g/mol. The molecule has 0 fully saturated rings. The first-order chi connectivity index (χ1) is 12.1. The molecule has 124 valence electrons. The summed E-state index contributed by atoms with van der Waals surface area (Å²) in [7, 11) is 0. The molecule has 0 aliphatic heterocycles. The second-order valence-corrected chi connectivity index (χ2v) is 5.34. The summed E-state index contributed by atoms with van der Waals surface area (Å²) in [5.74, 6) is 0.596. The van der Waals surface area contributed by atoms with E-state index in [0.29, 0.717) is 28.2 Å². The molecule has 0 bridgehead atoms. The molecular formula is C16H12N6O3. The van der Waals surface area contributed by atoms with Crippen molar-refractivity contribution in [2.45, 2.75) is 6.54 Å². The molecule has 9 heteroatoms. The van der Waals surface area contributed by atoms with Crippen molar-refractivity contribution < 1.29 is 9.34 Å². The Balaban J connectivity index is 1.84. The van der Waals surface area contributed by atoms with Gasteiger partial charge in [0, 0.05) is 11.6 Å². The van der Waals surface area contributed by atoms with E-state index in [1.54, 1.807) is 41.2 Å². The minimum absolute atomic E-state index is 0.0395. The third kappa shape index (κ3) is 2.57. The predicted octanol–water partition coefficient (Wildman–Crippen LogP) is 2.63. The van der Waals surface area contributed by atoms with Gasteiger partial charge in [0.25, 0.3) is 5.69 Å². The number of fused-ring (bicyclic) bond motifs is 1. The minimum Gasteiger partial charge on any atom is -0.463 e. The molecule has 2 N–H and O–H groups in total. The zero-order valence-electron chi connectivity index (χ0n) is 12.9. The molecule has 3 aromatic heterocycles. The van der Waals surface area contributed by atoms with Crippen LogP contribution >= 0.6 is 0 Å². The summed E-state index contributed by atoms with van der Waals surface area (Å²) in [4.78, 5) is 23.6. The Bertz CT molecular complexity index is 1070. The van der Waals surface area contributed by atoms with Crippen molar-refractivity contribution in [1.29, 1.82) is 0 Å². The molecule has 0 atom stereocenters. The van der Waals surface area contributed by atoms with E-state index in [-0.39, 0.29) is 18.2 Å². The van der Waals surface area contributed by atoms with Crippen LogP contribution in [0.15, 0.2) is 53.4 Å². The molecule has 0 aliphatic carbocycles. The smallest absolute Gasteiger partial charge is 0.274 e. The third-order valence-electron chi connectivity index (χ3n) is 3.76. The minimum atomic E-state index is -0.411. The second-order valence-electron chi connectivity index (χ2n) is 5.34. The van der Waals surface area contributed by atoms with Crippen molar-refractivity contribution in [1.82, 2.24) is 19.5 Å². The Hall–Kier alpha value is -3.75. The van der Waals surface area contributed by atoms with Gasteiger partial charge in [-0.05, 0) is 12.1 Å². The Kier molecular flexibility index (Phi) is 3.38. The molecule has 0 saturated carbocycles. The van der Waals surface area contributed by atoms with Crippen LogP contribution in [0.25, 0.3) is 22.6 Å². The fraction of sp³-hybridized carbons (Fsp3) is 0.0625. The van der Waals surface area contributed by atoms with Gasteiger partial charge in [-0.2, -0.15) is 4.98 Å². The van der Waals surface area contributed by atoms with Crippen molar-refractivity contribution in [2.75, 3.05) is 5.73 Å². The van der Waals surface area contributed by atoms with Crippen LogP contribution in [0, 0.1) is 10.1 Å². The van der Waals surface area contributed by atoms with Crippen molar-refractivity contribution in [2.24, 2.45) is 0 Å². The zero-order chi connectivity index (χ0) is 17.4. The lowest BCUT2D eigenvalue weighted by molar-refractivity contribution is -0.385. The standard InChI is InChI=1S/C16H12N6O3/c17-16-19-13(12-6-3-7-25-12)14-15(20-16)21(9-18-14)8-10-4-1-2-5-11(10)22(23)24/h1-7,9H,8H2,(H2,17,19,20). The maximum Gasteiger partial charge on any atom is 0.274 e. The average molecular weight is 336 g/mol. The van der Waals surface area contributed by atoms with E-state index in [0.717, 1.165) is 0 Å². The Morgan fingerprint density at radius 3 is 2.80 bits per heavy atom. The summed E-state index contributed by atoms with van der Waals surface area (Å²) >= 11 is 0. The molecule has 0 aliphatic rings. The number of nitrogens with two attached hydrogens (primary N) is 1. The van der Waals surface area contributed by atoms with Crippen molar-refractivity contribution in [3.05, 3.63) is 64.7 Å². The molecule has 0 unspecified atom stereocenters. The van der Waals surface area contributed by atoms with E-state index >= 15 is 0 Å². The van der Waals surface area contributed by atoms with Crippen molar-refractivity contribution in [3.8, 4) is 11.5 Å². The van der Waals surface area contributed by atoms with Crippen LogP contribution in [0.5, 0.6) is 0 Å². The molecular weight excluding hydrogens is 324 g/mol. The number of nitrogens with zero attached hydrogens (tertiary/aromatic N) is 5. The molecule has 0 radical (unpaired) electrons. The van der Waals surface area contributed by atoms with Crippen molar-refractivity contribution in [3.63, 3.8) is 0 Å². The third-order valence-corrected chi connectivity index (χ3v) is 3.76. The number of nitrogen functional groups attached to an aromatic ring is 1. The highest BCUT2D eigenvalue weighted by atomic mass is 16.6. The molecule has 0 saturated heterocycles. The number of anilines is 1. The molecule has 3 heterocycles. The van der Waals surface area contributed by atoms with E-state index in [1.807, 2.05) is 0 Å². The summed E-state index contributed by atoms with van der Waals surface area (Å²) in [6.45, 7) is 0.238. The van der Waals surface area contributed by atoms with Crippen LogP contribution in [0.3, 0.4) is 0 Å². The molecule has 0 amide bonds. The molecule has 4 rings (SSSR count). The second kappa shape index (κ2) is 5.71. The van der Waals surface area contributed by atoms with Crippen LogP contribution < -0.4 is 5.73 Å². The van der Waals surface area contributed by atoms with E-state index in [9.17, 15) is 10.1 Å². The van der Waals surface area contributed by atoms with E-state index in [4.69, 9.17) is 10.2 Å². The molecule has 0 spiro atoms. The van der Waals surface area contributed by atoms with E-state index in [2.05, 4.69) is 15.0 Å². The number of hydrogen-bond acceptors (Lipinski definition) is 7. The van der Waals surface area contributed by atoms with Gasteiger partial charge in [0.05, 0.1) is 24.1 Å². The van der Waals surface area contributed by atoms with Gasteiger partial charge in [-0.1, -0.05) is 18.2 Å². The number of aromatic nitrogens is 4. The SMILES string of the molecule is Nc1nc(-c2ccco2)c2ncn(Cc3ccccc3[N+](=O)[O-])c2n1. The Morgan fingerprint density at radius 2 is 2.04 bits per heavy atom. The summed E-state index contributed by atoms with van der Waals surface area (Å²) in [6, 6.07) is 10.0. The lowest BCUT2D eigenvalue weighted by atomic mass is 10.2.